The Morgan fingerprint density at radius 1 is 1.50 bits per heavy atom. The molecule has 1 aromatic rings. The number of hydrogen-bond donors (Lipinski definition) is 0. The lowest BCUT2D eigenvalue weighted by atomic mass is 10.2. The van der Waals surface area contributed by atoms with Crippen molar-refractivity contribution >= 4 is 23.0 Å². The highest BCUT2D eigenvalue weighted by molar-refractivity contribution is 8.13. The average Bonchev–Trinajstić information content (AvgIpc) is 2.27. The van der Waals surface area contributed by atoms with Crippen molar-refractivity contribution in [2.24, 2.45) is 0 Å². The van der Waals surface area contributed by atoms with E-state index in [9.17, 15) is 18.0 Å². The van der Waals surface area contributed by atoms with Gasteiger partial charge in [0.25, 0.3) is 0 Å². The molecule has 0 bridgehead atoms. The normalized spacial score (nSPS) is 12.0. The number of allylic oxidation sites excluding steroid dienone is 1. The average molecular weight is 275 g/mol. The van der Waals surface area contributed by atoms with Crippen LogP contribution in [0.25, 0.3) is 6.08 Å². The Bertz CT molecular complexity index is 443. The van der Waals surface area contributed by atoms with Crippen molar-refractivity contribution in [3.05, 3.63) is 35.7 Å². The van der Waals surface area contributed by atoms with Crippen molar-refractivity contribution in [3.8, 4) is 0 Å². The summed E-state index contributed by atoms with van der Waals surface area (Å²) < 4.78 is 37.2. The molecule has 0 radical (unpaired) electrons. The largest absolute Gasteiger partial charge is 0.416 e. The first-order valence-electron chi connectivity index (χ1n) is 5.23. The van der Waals surface area contributed by atoms with Crippen LogP contribution in [-0.4, -0.2) is 15.9 Å². The molecule has 0 aliphatic carbocycles. The molecule has 0 aliphatic rings. The molecule has 0 spiro atoms. The number of carbonyl (C=O) groups excluding carboxylic acids is 1. The molecule has 0 saturated heterocycles. The Labute approximate surface area is 107 Å². The van der Waals surface area contributed by atoms with E-state index in [1.54, 1.807) is 6.08 Å². The smallest absolute Gasteiger partial charge is 0.288 e. The molecule has 6 heteroatoms. The minimum Gasteiger partial charge on any atom is -0.288 e. The van der Waals surface area contributed by atoms with Crippen molar-refractivity contribution in [1.82, 2.24) is 4.98 Å². The van der Waals surface area contributed by atoms with Gasteiger partial charge >= 0.3 is 6.18 Å². The molecule has 2 nitrogen and oxygen atoms in total. The van der Waals surface area contributed by atoms with E-state index >= 15 is 0 Å². The van der Waals surface area contributed by atoms with Gasteiger partial charge in [-0.1, -0.05) is 17.8 Å². The summed E-state index contributed by atoms with van der Waals surface area (Å²) in [5, 5.41) is 0.0283. The first-order valence-corrected chi connectivity index (χ1v) is 6.21. The highest BCUT2D eigenvalue weighted by Crippen LogP contribution is 2.29. The number of nitrogens with zero attached hydrogens (tertiary/aromatic N) is 1. The van der Waals surface area contributed by atoms with Crippen molar-refractivity contribution < 1.29 is 18.0 Å². The van der Waals surface area contributed by atoms with E-state index in [4.69, 9.17) is 0 Å². The van der Waals surface area contributed by atoms with E-state index in [-0.39, 0.29) is 10.8 Å². The van der Waals surface area contributed by atoms with Gasteiger partial charge in [-0.2, -0.15) is 13.2 Å². The van der Waals surface area contributed by atoms with Gasteiger partial charge in [0.1, 0.15) is 0 Å². The standard InChI is InChI=1S/C12H12F3NOS/c1-9(17)18-7-3-2-4-11-8-10(5-6-16-11)12(13,14)15/h2,4-6,8H,3,7H2,1H3. The fourth-order valence-electron chi connectivity index (χ4n) is 1.19. The second kappa shape index (κ2) is 6.58. The van der Waals surface area contributed by atoms with E-state index in [0.29, 0.717) is 12.2 Å². The summed E-state index contributed by atoms with van der Waals surface area (Å²) in [6, 6.07) is 1.93. The van der Waals surface area contributed by atoms with Gasteiger partial charge in [-0.05, 0) is 24.6 Å². The maximum absolute atomic E-state index is 12.4. The van der Waals surface area contributed by atoms with Gasteiger partial charge in [-0.15, -0.1) is 0 Å². The van der Waals surface area contributed by atoms with Gasteiger partial charge in [-0.25, -0.2) is 0 Å². The van der Waals surface area contributed by atoms with Crippen LogP contribution in [0.4, 0.5) is 13.2 Å². The number of halogens is 3. The lowest BCUT2D eigenvalue weighted by molar-refractivity contribution is -0.137. The molecule has 1 heterocycles. The van der Waals surface area contributed by atoms with Crippen molar-refractivity contribution in [1.29, 1.82) is 0 Å². The third kappa shape index (κ3) is 5.35. The molecule has 0 fully saturated rings. The molecule has 18 heavy (non-hydrogen) atoms. The highest BCUT2D eigenvalue weighted by Gasteiger charge is 2.30. The van der Waals surface area contributed by atoms with Crippen molar-refractivity contribution in [2.75, 3.05) is 5.75 Å². The number of thioether (sulfide) groups is 1. The summed E-state index contributed by atoms with van der Waals surface area (Å²) in [6.45, 7) is 1.47. The molecule has 0 aliphatic heterocycles. The molecule has 1 rings (SSSR count). The Balaban J connectivity index is 2.57. The first-order chi connectivity index (χ1) is 8.39. The van der Waals surface area contributed by atoms with Crippen LogP contribution in [0.15, 0.2) is 24.4 Å². The number of alkyl halides is 3. The van der Waals surface area contributed by atoms with Gasteiger partial charge < -0.3 is 0 Å². The molecular formula is C12H12F3NOS. The monoisotopic (exact) mass is 275 g/mol. The minimum absolute atomic E-state index is 0.0283. The molecule has 98 valence electrons. The predicted molar refractivity (Wildman–Crippen MR) is 66.0 cm³/mol. The van der Waals surface area contributed by atoms with Crippen LogP contribution in [0.1, 0.15) is 24.6 Å². The van der Waals surface area contributed by atoms with Crippen molar-refractivity contribution in [2.45, 2.75) is 19.5 Å². The van der Waals surface area contributed by atoms with E-state index < -0.39 is 11.7 Å². The van der Waals surface area contributed by atoms with Gasteiger partial charge in [0.15, 0.2) is 5.12 Å². The Morgan fingerprint density at radius 3 is 2.83 bits per heavy atom. The summed E-state index contributed by atoms with van der Waals surface area (Å²) in [7, 11) is 0. The lowest BCUT2D eigenvalue weighted by Crippen LogP contribution is -2.05. The van der Waals surface area contributed by atoms with Gasteiger partial charge in [0.05, 0.1) is 11.3 Å². The molecule has 0 saturated carbocycles. The summed E-state index contributed by atoms with van der Waals surface area (Å²) in [4.78, 5) is 14.5. The van der Waals surface area contributed by atoms with Crippen LogP contribution in [0.5, 0.6) is 0 Å². The van der Waals surface area contributed by atoms with Crippen LogP contribution >= 0.6 is 11.8 Å². The molecule has 1 aromatic heterocycles. The number of rotatable bonds is 4. The quantitative estimate of drug-likeness (QED) is 0.783. The fraction of sp³-hybridized carbons (Fsp3) is 0.333. The molecule has 0 atom stereocenters. The number of hydrogen-bond acceptors (Lipinski definition) is 3. The van der Waals surface area contributed by atoms with Crippen LogP contribution in [-0.2, 0) is 11.0 Å². The van der Waals surface area contributed by atoms with Crippen LogP contribution in [0.3, 0.4) is 0 Å². The minimum atomic E-state index is -4.35. The Morgan fingerprint density at radius 2 is 2.22 bits per heavy atom. The second-order valence-corrected chi connectivity index (χ2v) is 4.77. The number of carbonyl (C=O) groups is 1. The van der Waals surface area contributed by atoms with Crippen LogP contribution in [0.2, 0.25) is 0 Å². The summed E-state index contributed by atoms with van der Waals surface area (Å²) in [5.41, 5.74) is -0.451. The molecule has 0 N–H and O–H groups in total. The molecule has 0 unspecified atom stereocenters. The van der Waals surface area contributed by atoms with Gasteiger partial charge in [0, 0.05) is 18.9 Å². The van der Waals surface area contributed by atoms with E-state index in [2.05, 4.69) is 4.98 Å². The lowest BCUT2D eigenvalue weighted by Gasteiger charge is -2.05. The van der Waals surface area contributed by atoms with E-state index in [1.807, 2.05) is 0 Å². The van der Waals surface area contributed by atoms with E-state index in [0.717, 1.165) is 18.3 Å². The molecule has 0 amide bonds. The maximum Gasteiger partial charge on any atom is 0.416 e. The topological polar surface area (TPSA) is 30.0 Å². The zero-order valence-electron chi connectivity index (χ0n) is 9.70. The van der Waals surface area contributed by atoms with Crippen molar-refractivity contribution in [3.63, 3.8) is 0 Å². The third-order valence-corrected chi connectivity index (χ3v) is 2.83. The fourth-order valence-corrected chi connectivity index (χ4v) is 1.73. The Kier molecular flexibility index (Phi) is 5.40. The number of pyridine rings is 1. The maximum atomic E-state index is 12.4. The van der Waals surface area contributed by atoms with Gasteiger partial charge in [0.2, 0.25) is 0 Å². The first kappa shape index (κ1) is 14.8. The summed E-state index contributed by atoms with van der Waals surface area (Å²) in [5.74, 6) is 0.616. The Hall–Kier alpha value is -1.30. The predicted octanol–water partition coefficient (Wildman–Crippen LogP) is 3.78. The molecule has 0 aromatic carbocycles. The summed E-state index contributed by atoms with van der Waals surface area (Å²) in [6.07, 6.45) is 0.624. The van der Waals surface area contributed by atoms with Crippen LogP contribution < -0.4 is 0 Å². The van der Waals surface area contributed by atoms with Crippen LogP contribution in [0, 0.1) is 0 Å². The summed E-state index contributed by atoms with van der Waals surface area (Å²) >= 11 is 1.18. The zero-order valence-corrected chi connectivity index (χ0v) is 10.5. The van der Waals surface area contributed by atoms with E-state index in [1.165, 1.54) is 24.8 Å². The highest BCUT2D eigenvalue weighted by atomic mass is 32.2. The zero-order chi connectivity index (χ0) is 13.6. The molecular weight excluding hydrogens is 263 g/mol. The number of aromatic nitrogens is 1. The SMILES string of the molecule is CC(=O)SCCC=Cc1cc(C(F)(F)F)ccn1. The van der Waals surface area contributed by atoms with Gasteiger partial charge in [-0.3, -0.25) is 9.78 Å². The second-order valence-electron chi connectivity index (χ2n) is 3.50. The third-order valence-electron chi connectivity index (χ3n) is 1.99.